The Balaban J connectivity index is 1.30. The molecule has 0 saturated heterocycles. The number of furan rings is 1. The van der Waals surface area contributed by atoms with Crippen molar-refractivity contribution in [1.82, 2.24) is 19.9 Å². The van der Waals surface area contributed by atoms with Crippen LogP contribution in [0.3, 0.4) is 0 Å². The molecule has 0 saturated carbocycles. The maximum absolute atomic E-state index is 12.5. The van der Waals surface area contributed by atoms with Gasteiger partial charge in [0.05, 0.1) is 19.1 Å². The third-order valence-electron chi connectivity index (χ3n) is 5.51. The van der Waals surface area contributed by atoms with Crippen LogP contribution in [0.5, 0.6) is 0 Å². The summed E-state index contributed by atoms with van der Waals surface area (Å²) in [6, 6.07) is 13.8. The fourth-order valence-corrected chi connectivity index (χ4v) is 3.77. The summed E-state index contributed by atoms with van der Waals surface area (Å²) < 4.78 is 12.6. The number of aryl methyl sites for hydroxylation is 2. The first-order chi connectivity index (χ1) is 16.0. The van der Waals surface area contributed by atoms with Crippen LogP contribution in [0.15, 0.2) is 53.3 Å². The number of benzene rings is 1. The Morgan fingerprint density at radius 2 is 2.06 bits per heavy atom. The summed E-state index contributed by atoms with van der Waals surface area (Å²) in [6.45, 7) is 5.17. The zero-order chi connectivity index (χ0) is 23.2. The van der Waals surface area contributed by atoms with Gasteiger partial charge in [0, 0.05) is 24.4 Å². The fourth-order valence-electron chi connectivity index (χ4n) is 3.77. The van der Waals surface area contributed by atoms with Crippen LogP contribution < -0.4 is 5.32 Å². The van der Waals surface area contributed by atoms with Crippen LogP contribution >= 0.6 is 0 Å². The molecule has 3 heterocycles. The summed E-state index contributed by atoms with van der Waals surface area (Å²) in [5.41, 5.74) is 5.73. The van der Waals surface area contributed by atoms with Crippen LogP contribution in [0, 0.1) is 25.2 Å². The number of amides is 1. The van der Waals surface area contributed by atoms with Crippen molar-refractivity contribution >= 4 is 11.6 Å². The Hall–Kier alpha value is -3.96. The molecule has 1 N–H and O–H groups in total. The molecule has 0 unspecified atom stereocenters. The number of aromatic nitrogens is 3. The van der Waals surface area contributed by atoms with Gasteiger partial charge in [-0.2, -0.15) is 10.4 Å². The van der Waals surface area contributed by atoms with Gasteiger partial charge < -0.3 is 14.5 Å². The maximum Gasteiger partial charge on any atom is 0.220 e. The smallest absolute Gasteiger partial charge is 0.220 e. The van der Waals surface area contributed by atoms with Gasteiger partial charge in [0.2, 0.25) is 5.91 Å². The number of ether oxygens (including phenoxy) is 1. The lowest BCUT2D eigenvalue weighted by Gasteiger charge is -2.12. The lowest BCUT2D eigenvalue weighted by atomic mass is 10.1. The molecule has 0 radical (unpaired) electrons. The van der Waals surface area contributed by atoms with E-state index in [4.69, 9.17) is 9.15 Å². The maximum atomic E-state index is 12.5. The molecule has 1 aromatic carbocycles. The van der Waals surface area contributed by atoms with Crippen LogP contribution in [0.1, 0.15) is 45.8 Å². The lowest BCUT2D eigenvalue weighted by Crippen LogP contribution is -2.23. The van der Waals surface area contributed by atoms with Gasteiger partial charge in [0.1, 0.15) is 24.0 Å². The summed E-state index contributed by atoms with van der Waals surface area (Å²) in [5.74, 6) is 0.753. The number of fused-ring (bicyclic) bond motifs is 1. The first-order valence-electron chi connectivity index (χ1n) is 10.7. The van der Waals surface area contributed by atoms with E-state index in [1.54, 1.807) is 10.8 Å². The zero-order valence-corrected chi connectivity index (χ0v) is 18.7. The molecule has 4 rings (SSSR count). The molecule has 3 aromatic heterocycles. The van der Waals surface area contributed by atoms with Gasteiger partial charge in [-0.15, -0.1) is 0 Å². The SMILES string of the molecule is Cc1nc2c(C#N)cnn2c(C)c1CCC(=O)NCc1cccc(COCc2ccco2)c1. The van der Waals surface area contributed by atoms with Gasteiger partial charge >= 0.3 is 0 Å². The highest BCUT2D eigenvalue weighted by Crippen LogP contribution is 2.18. The number of carbonyl (C=O) groups excluding carboxylic acids is 1. The lowest BCUT2D eigenvalue weighted by molar-refractivity contribution is -0.121. The Morgan fingerprint density at radius 1 is 1.21 bits per heavy atom. The van der Waals surface area contributed by atoms with Gasteiger partial charge in [-0.3, -0.25) is 4.79 Å². The van der Waals surface area contributed by atoms with Crippen molar-refractivity contribution in [1.29, 1.82) is 5.26 Å². The Kier molecular flexibility index (Phi) is 6.81. The minimum Gasteiger partial charge on any atom is -0.467 e. The number of hydrogen-bond donors (Lipinski definition) is 1. The topological polar surface area (TPSA) is 105 Å². The molecule has 168 valence electrons. The van der Waals surface area contributed by atoms with Gasteiger partial charge in [0.15, 0.2) is 5.65 Å². The molecule has 8 heteroatoms. The Morgan fingerprint density at radius 3 is 2.85 bits per heavy atom. The second kappa shape index (κ2) is 10.1. The molecule has 0 aliphatic rings. The average molecular weight is 444 g/mol. The van der Waals surface area contributed by atoms with Gasteiger partial charge in [0.25, 0.3) is 0 Å². The number of nitriles is 1. The molecule has 0 fully saturated rings. The van der Waals surface area contributed by atoms with E-state index in [-0.39, 0.29) is 5.91 Å². The highest BCUT2D eigenvalue weighted by atomic mass is 16.5. The van der Waals surface area contributed by atoms with Gasteiger partial charge in [-0.25, -0.2) is 9.50 Å². The predicted octanol–water partition coefficient (Wildman–Crippen LogP) is 3.78. The van der Waals surface area contributed by atoms with Crippen LogP contribution in [0.4, 0.5) is 0 Å². The summed E-state index contributed by atoms with van der Waals surface area (Å²) in [6.07, 6.45) is 4.03. The van der Waals surface area contributed by atoms with Crippen LogP contribution in [0.2, 0.25) is 0 Å². The largest absolute Gasteiger partial charge is 0.467 e. The molecule has 4 aromatic rings. The van der Waals surface area contributed by atoms with Gasteiger partial charge in [-0.1, -0.05) is 24.3 Å². The summed E-state index contributed by atoms with van der Waals surface area (Å²) >= 11 is 0. The number of nitrogens with zero attached hydrogens (tertiary/aromatic N) is 4. The van der Waals surface area contributed by atoms with E-state index in [0.29, 0.717) is 43.8 Å². The standard InChI is InChI=1S/C25H25N5O3/c1-17-23(18(2)30-25(29-17)21(12-26)14-28-30)8-9-24(31)27-13-19-5-3-6-20(11-19)15-32-16-22-7-4-10-33-22/h3-7,10-11,14H,8-9,13,15-16H2,1-2H3,(H,27,31). The quantitative estimate of drug-likeness (QED) is 0.422. The number of carbonyl (C=O) groups is 1. The van der Waals surface area contributed by atoms with E-state index >= 15 is 0 Å². The van der Waals surface area contributed by atoms with E-state index in [1.165, 1.54) is 6.20 Å². The molecular weight excluding hydrogens is 418 g/mol. The van der Waals surface area contributed by atoms with Crippen molar-refractivity contribution in [3.8, 4) is 6.07 Å². The minimum atomic E-state index is -0.0356. The van der Waals surface area contributed by atoms with Gasteiger partial charge in [-0.05, 0) is 49.1 Å². The Labute approximate surface area is 191 Å². The second-order valence-electron chi connectivity index (χ2n) is 7.84. The first kappa shape index (κ1) is 22.2. The molecule has 33 heavy (non-hydrogen) atoms. The average Bonchev–Trinajstić information content (AvgIpc) is 3.47. The van der Waals surface area contributed by atoms with E-state index in [9.17, 15) is 10.1 Å². The molecule has 8 nitrogen and oxygen atoms in total. The monoisotopic (exact) mass is 443 g/mol. The normalized spacial score (nSPS) is 10.9. The van der Waals surface area contributed by atoms with Crippen LogP contribution in [0.25, 0.3) is 5.65 Å². The van der Waals surface area contributed by atoms with Crippen molar-refractivity contribution in [2.45, 2.75) is 46.4 Å². The fraction of sp³-hybridized carbons (Fsp3) is 0.280. The van der Waals surface area contributed by atoms with E-state index in [0.717, 1.165) is 33.8 Å². The van der Waals surface area contributed by atoms with Crippen molar-refractivity contribution < 1.29 is 13.9 Å². The number of nitrogens with one attached hydrogen (secondary N) is 1. The third kappa shape index (κ3) is 5.27. The second-order valence-corrected chi connectivity index (χ2v) is 7.84. The molecule has 0 atom stereocenters. The molecule has 0 aliphatic heterocycles. The molecule has 0 spiro atoms. The molecule has 1 amide bonds. The number of rotatable bonds is 9. The molecule has 0 bridgehead atoms. The predicted molar refractivity (Wildman–Crippen MR) is 121 cm³/mol. The van der Waals surface area contributed by atoms with Crippen LogP contribution in [-0.4, -0.2) is 20.5 Å². The molecular formula is C25H25N5O3. The number of hydrogen-bond acceptors (Lipinski definition) is 6. The van der Waals surface area contributed by atoms with Crippen molar-refractivity contribution in [3.63, 3.8) is 0 Å². The third-order valence-corrected chi connectivity index (χ3v) is 5.51. The Bertz CT molecular complexity index is 1300. The summed E-state index contributed by atoms with van der Waals surface area (Å²) in [7, 11) is 0. The highest BCUT2D eigenvalue weighted by Gasteiger charge is 2.14. The van der Waals surface area contributed by atoms with Crippen LogP contribution in [-0.2, 0) is 35.7 Å². The zero-order valence-electron chi connectivity index (χ0n) is 18.7. The summed E-state index contributed by atoms with van der Waals surface area (Å²) in [5, 5.41) is 16.4. The molecule has 0 aliphatic carbocycles. The van der Waals surface area contributed by atoms with E-state index < -0.39 is 0 Å². The minimum absolute atomic E-state index is 0.0356. The van der Waals surface area contributed by atoms with E-state index in [1.807, 2.05) is 50.2 Å². The first-order valence-corrected chi connectivity index (χ1v) is 10.7. The highest BCUT2D eigenvalue weighted by molar-refractivity contribution is 5.76. The summed E-state index contributed by atoms with van der Waals surface area (Å²) in [4.78, 5) is 17.0. The van der Waals surface area contributed by atoms with E-state index in [2.05, 4.69) is 21.5 Å². The van der Waals surface area contributed by atoms with Crippen molar-refractivity contribution in [2.75, 3.05) is 0 Å². The van der Waals surface area contributed by atoms with Crippen molar-refractivity contribution in [2.24, 2.45) is 0 Å². The van der Waals surface area contributed by atoms with Crippen molar-refractivity contribution in [3.05, 3.63) is 88.3 Å².